The molecule has 0 heterocycles. The van der Waals surface area contributed by atoms with Gasteiger partial charge in [-0.05, 0) is 65.6 Å². The van der Waals surface area contributed by atoms with Crippen molar-refractivity contribution in [3.8, 4) is 17.2 Å². The van der Waals surface area contributed by atoms with Crippen molar-refractivity contribution in [3.05, 3.63) is 89.0 Å². The number of ketones is 1. The van der Waals surface area contributed by atoms with Gasteiger partial charge in [0.1, 0.15) is 29.6 Å². The molecule has 0 bridgehead atoms. The summed E-state index contributed by atoms with van der Waals surface area (Å²) in [6, 6.07) is 21.5. The number of ether oxygens (including phenoxy) is 2. The number of rotatable bonds is 9. The van der Waals surface area contributed by atoms with E-state index >= 15 is 0 Å². The summed E-state index contributed by atoms with van der Waals surface area (Å²) in [7, 11) is 1.66. The molecule has 0 unspecified atom stereocenters. The van der Waals surface area contributed by atoms with Gasteiger partial charge in [-0.25, -0.2) is 4.89 Å². The van der Waals surface area contributed by atoms with Gasteiger partial charge in [0.15, 0.2) is 0 Å². The fourth-order valence-corrected chi connectivity index (χ4v) is 3.56. The van der Waals surface area contributed by atoms with E-state index in [1.54, 1.807) is 19.2 Å². The molecule has 5 nitrogen and oxygen atoms in total. The average molecular weight is 421 g/mol. The molecule has 0 saturated heterocycles. The Morgan fingerprint density at radius 3 is 1.90 bits per heavy atom. The summed E-state index contributed by atoms with van der Waals surface area (Å²) in [5.41, 5.74) is 3.71. The zero-order chi connectivity index (χ0) is 22.4. The van der Waals surface area contributed by atoms with Gasteiger partial charge < -0.3 is 9.47 Å². The van der Waals surface area contributed by atoms with Crippen molar-refractivity contribution in [2.45, 2.75) is 39.2 Å². The fourth-order valence-electron chi connectivity index (χ4n) is 3.56. The number of carbonyl (C=O) groups is 1. The summed E-state index contributed by atoms with van der Waals surface area (Å²) in [5, 5.41) is 8.76. The minimum Gasteiger partial charge on any atom is -0.497 e. The van der Waals surface area contributed by atoms with Gasteiger partial charge in [0.2, 0.25) is 0 Å². The highest BCUT2D eigenvalue weighted by Crippen LogP contribution is 2.34. The fraction of sp³-hybridized carbons (Fsp3) is 0.269. The zero-order valence-corrected chi connectivity index (χ0v) is 18.3. The Morgan fingerprint density at radius 2 is 1.39 bits per heavy atom. The van der Waals surface area contributed by atoms with Gasteiger partial charge in [-0.2, -0.15) is 0 Å². The van der Waals surface area contributed by atoms with Crippen molar-refractivity contribution < 1.29 is 24.4 Å². The Bertz CT molecular complexity index is 1020. The Hall–Kier alpha value is -3.15. The molecule has 0 aliphatic rings. The molecule has 0 aliphatic heterocycles. The second-order valence-corrected chi connectivity index (χ2v) is 8.06. The molecule has 3 aromatic rings. The monoisotopic (exact) mass is 420 g/mol. The van der Waals surface area contributed by atoms with E-state index in [9.17, 15) is 4.79 Å². The first-order chi connectivity index (χ1) is 14.8. The SMILES string of the molecule is COc1ccc(C(C)(C)c2ccc(Oc3ccc(COO)c(CC(C)=O)c3)cc2)cc1. The standard InChI is InChI=1S/C26H28O5/c1-18(27)15-20-16-25(10-5-19(20)17-30-28)31-24-13-8-22(9-14-24)26(2,3)21-6-11-23(29-4)12-7-21/h5-14,16,28H,15,17H2,1-4H3. The van der Waals surface area contributed by atoms with Gasteiger partial charge in [-0.15, -0.1) is 0 Å². The third-order valence-corrected chi connectivity index (χ3v) is 5.46. The third-order valence-electron chi connectivity index (χ3n) is 5.46. The molecular formula is C26H28O5. The van der Waals surface area contributed by atoms with E-state index in [0.717, 1.165) is 22.4 Å². The Labute approximate surface area is 183 Å². The maximum absolute atomic E-state index is 11.6. The lowest BCUT2D eigenvalue weighted by molar-refractivity contribution is -0.253. The number of methoxy groups -OCH3 is 1. The number of carbonyl (C=O) groups excluding carboxylic acids is 1. The van der Waals surface area contributed by atoms with Crippen LogP contribution in [0.15, 0.2) is 66.7 Å². The molecule has 0 aromatic heterocycles. The quantitative estimate of drug-likeness (QED) is 0.343. The van der Waals surface area contributed by atoms with Crippen LogP contribution in [0, 0.1) is 0 Å². The van der Waals surface area contributed by atoms with Crippen LogP contribution in [0.5, 0.6) is 17.2 Å². The number of benzene rings is 3. The minimum absolute atomic E-state index is 0.0258. The van der Waals surface area contributed by atoms with E-state index in [4.69, 9.17) is 14.7 Å². The number of hydrogen-bond acceptors (Lipinski definition) is 5. The van der Waals surface area contributed by atoms with E-state index in [-0.39, 0.29) is 24.2 Å². The van der Waals surface area contributed by atoms with E-state index in [2.05, 4.69) is 43.0 Å². The Balaban J connectivity index is 1.79. The molecule has 1 N–H and O–H groups in total. The highest BCUT2D eigenvalue weighted by atomic mass is 17.1. The van der Waals surface area contributed by atoms with Crippen LogP contribution < -0.4 is 9.47 Å². The van der Waals surface area contributed by atoms with Crippen molar-refractivity contribution in [2.24, 2.45) is 0 Å². The first-order valence-corrected chi connectivity index (χ1v) is 10.1. The van der Waals surface area contributed by atoms with Gasteiger partial charge in [0, 0.05) is 11.8 Å². The van der Waals surface area contributed by atoms with Gasteiger partial charge in [0.05, 0.1) is 7.11 Å². The van der Waals surface area contributed by atoms with Gasteiger partial charge >= 0.3 is 0 Å². The Kier molecular flexibility index (Phi) is 7.10. The largest absolute Gasteiger partial charge is 0.497 e. The summed E-state index contributed by atoms with van der Waals surface area (Å²) in [4.78, 5) is 15.8. The third kappa shape index (κ3) is 5.51. The number of Topliss-reactive ketones (excluding diaryl/α,β-unsaturated/α-hetero) is 1. The van der Waals surface area contributed by atoms with E-state index in [1.165, 1.54) is 12.5 Å². The Morgan fingerprint density at radius 1 is 0.839 bits per heavy atom. The predicted molar refractivity (Wildman–Crippen MR) is 120 cm³/mol. The van der Waals surface area contributed by atoms with E-state index in [0.29, 0.717) is 11.5 Å². The molecule has 162 valence electrons. The highest BCUT2D eigenvalue weighted by Gasteiger charge is 2.23. The lowest BCUT2D eigenvalue weighted by atomic mass is 9.78. The normalized spacial score (nSPS) is 11.3. The summed E-state index contributed by atoms with van der Waals surface area (Å²) in [5.74, 6) is 2.19. The van der Waals surface area contributed by atoms with Crippen LogP contribution in [0.4, 0.5) is 0 Å². The lowest BCUT2D eigenvalue weighted by Crippen LogP contribution is -2.18. The molecule has 0 radical (unpaired) electrons. The van der Waals surface area contributed by atoms with Crippen LogP contribution in [-0.4, -0.2) is 18.2 Å². The maximum atomic E-state index is 11.6. The van der Waals surface area contributed by atoms with Gasteiger partial charge in [-0.1, -0.05) is 44.2 Å². The molecule has 3 aromatic carbocycles. The molecule has 5 heteroatoms. The molecular weight excluding hydrogens is 392 g/mol. The van der Waals surface area contributed by atoms with Crippen LogP contribution in [-0.2, 0) is 28.1 Å². The van der Waals surface area contributed by atoms with Crippen molar-refractivity contribution in [1.29, 1.82) is 0 Å². The molecule has 0 amide bonds. The van der Waals surface area contributed by atoms with Crippen LogP contribution in [0.2, 0.25) is 0 Å². The van der Waals surface area contributed by atoms with Gasteiger partial charge in [-0.3, -0.25) is 10.1 Å². The lowest BCUT2D eigenvalue weighted by Gasteiger charge is -2.26. The minimum atomic E-state index is -0.175. The van der Waals surface area contributed by atoms with E-state index < -0.39 is 0 Å². The predicted octanol–water partition coefficient (Wildman–Crippen LogP) is 5.93. The van der Waals surface area contributed by atoms with Crippen molar-refractivity contribution >= 4 is 5.78 Å². The highest BCUT2D eigenvalue weighted by molar-refractivity contribution is 5.78. The molecule has 0 spiro atoms. The topological polar surface area (TPSA) is 65.0 Å². The van der Waals surface area contributed by atoms with Crippen LogP contribution in [0.25, 0.3) is 0 Å². The first-order valence-electron chi connectivity index (χ1n) is 10.1. The molecule has 3 rings (SSSR count). The van der Waals surface area contributed by atoms with Crippen LogP contribution in [0.1, 0.15) is 43.0 Å². The molecule has 0 saturated carbocycles. The summed E-state index contributed by atoms with van der Waals surface area (Å²) < 4.78 is 11.3. The van der Waals surface area contributed by atoms with Gasteiger partial charge in [0.25, 0.3) is 0 Å². The summed E-state index contributed by atoms with van der Waals surface area (Å²) in [6.07, 6.45) is 0.255. The van der Waals surface area contributed by atoms with E-state index in [1.807, 2.05) is 30.3 Å². The molecule has 0 atom stereocenters. The second kappa shape index (κ2) is 9.77. The van der Waals surface area contributed by atoms with Crippen LogP contribution >= 0.6 is 0 Å². The first kappa shape index (κ1) is 22.5. The maximum Gasteiger partial charge on any atom is 0.134 e. The van der Waals surface area contributed by atoms with Crippen LogP contribution in [0.3, 0.4) is 0 Å². The average Bonchev–Trinajstić information content (AvgIpc) is 2.76. The smallest absolute Gasteiger partial charge is 0.134 e. The van der Waals surface area contributed by atoms with Crippen molar-refractivity contribution in [2.75, 3.05) is 7.11 Å². The molecule has 0 fully saturated rings. The van der Waals surface area contributed by atoms with Crippen molar-refractivity contribution in [1.82, 2.24) is 0 Å². The zero-order valence-electron chi connectivity index (χ0n) is 18.3. The molecule has 31 heavy (non-hydrogen) atoms. The van der Waals surface area contributed by atoms with Crippen molar-refractivity contribution in [3.63, 3.8) is 0 Å². The summed E-state index contributed by atoms with van der Waals surface area (Å²) in [6.45, 7) is 5.92. The number of hydrogen-bond donors (Lipinski definition) is 1. The summed E-state index contributed by atoms with van der Waals surface area (Å²) >= 11 is 0. The molecule has 0 aliphatic carbocycles. The second-order valence-electron chi connectivity index (χ2n) is 8.06.